The Morgan fingerprint density at radius 2 is 2.09 bits per heavy atom. The Hall–Kier alpha value is -2.55. The van der Waals surface area contributed by atoms with Crippen molar-refractivity contribution in [1.29, 1.82) is 0 Å². The molecular formula is C14H18N6O3. The van der Waals surface area contributed by atoms with Crippen LogP contribution < -0.4 is 5.32 Å². The number of nitro groups is 1. The van der Waals surface area contributed by atoms with E-state index < -0.39 is 4.92 Å². The second kappa shape index (κ2) is 6.29. The summed E-state index contributed by atoms with van der Waals surface area (Å²) in [4.78, 5) is 23.7. The summed E-state index contributed by atoms with van der Waals surface area (Å²) < 4.78 is 6.93. The lowest BCUT2D eigenvalue weighted by Gasteiger charge is -2.23. The minimum Gasteiger partial charge on any atom is -0.381 e. The fourth-order valence-corrected chi connectivity index (χ4v) is 2.62. The van der Waals surface area contributed by atoms with E-state index in [1.807, 2.05) is 0 Å². The van der Waals surface area contributed by atoms with Crippen LogP contribution in [0, 0.1) is 24.0 Å². The van der Waals surface area contributed by atoms with Gasteiger partial charge in [-0.1, -0.05) is 0 Å². The van der Waals surface area contributed by atoms with Gasteiger partial charge in [0, 0.05) is 31.6 Å². The van der Waals surface area contributed by atoms with Crippen LogP contribution in [0.1, 0.15) is 24.4 Å². The van der Waals surface area contributed by atoms with E-state index in [2.05, 4.69) is 20.3 Å². The Labute approximate surface area is 132 Å². The third kappa shape index (κ3) is 3.14. The molecular weight excluding hydrogens is 300 g/mol. The minimum atomic E-state index is -0.456. The quantitative estimate of drug-likeness (QED) is 0.676. The third-order valence-electron chi connectivity index (χ3n) is 3.83. The zero-order valence-electron chi connectivity index (χ0n) is 13.0. The zero-order valence-corrected chi connectivity index (χ0v) is 13.0. The molecule has 1 fully saturated rings. The van der Waals surface area contributed by atoms with Crippen molar-refractivity contribution in [1.82, 2.24) is 19.5 Å². The van der Waals surface area contributed by atoms with Crippen LogP contribution in [-0.2, 0) is 4.74 Å². The predicted octanol–water partition coefficient (Wildman–Crippen LogP) is 1.78. The summed E-state index contributed by atoms with van der Waals surface area (Å²) >= 11 is 0. The number of hydrogen-bond donors (Lipinski definition) is 1. The number of nitrogens with zero attached hydrogens (tertiary/aromatic N) is 5. The number of ether oxygens (including phenoxy) is 1. The Morgan fingerprint density at radius 3 is 2.70 bits per heavy atom. The van der Waals surface area contributed by atoms with E-state index in [0.717, 1.165) is 12.8 Å². The molecule has 1 aliphatic rings. The number of anilines is 1. The molecule has 2 aromatic rings. The summed E-state index contributed by atoms with van der Waals surface area (Å²) in [6, 6.07) is 0.210. The number of aromatic nitrogens is 4. The fourth-order valence-electron chi connectivity index (χ4n) is 2.62. The lowest BCUT2D eigenvalue weighted by molar-refractivity contribution is -0.385. The molecule has 0 radical (unpaired) electrons. The van der Waals surface area contributed by atoms with Gasteiger partial charge in [-0.3, -0.25) is 14.7 Å². The van der Waals surface area contributed by atoms with Crippen LogP contribution in [0.3, 0.4) is 0 Å². The number of nitrogens with one attached hydrogen (secondary N) is 1. The molecule has 23 heavy (non-hydrogen) atoms. The van der Waals surface area contributed by atoms with Crippen molar-refractivity contribution in [3.8, 4) is 5.82 Å². The summed E-state index contributed by atoms with van der Waals surface area (Å²) in [5, 5.41) is 14.7. The van der Waals surface area contributed by atoms with E-state index in [1.54, 1.807) is 30.8 Å². The first-order valence-corrected chi connectivity index (χ1v) is 7.44. The Kier molecular flexibility index (Phi) is 4.20. The number of aryl methyl sites for hydroxylation is 2. The standard InChI is InChI=1S/C14H18N6O3/c1-9-12(20(21)22)13(19-6-5-15-10(19)2)18-14(16-9)17-11-3-7-23-8-4-11/h5-6,11H,3-4,7-8H2,1-2H3,(H,16,17,18). The molecule has 0 saturated carbocycles. The smallest absolute Gasteiger partial charge is 0.333 e. The van der Waals surface area contributed by atoms with Gasteiger partial charge in [-0.2, -0.15) is 4.98 Å². The highest BCUT2D eigenvalue weighted by molar-refractivity contribution is 5.54. The van der Waals surface area contributed by atoms with Gasteiger partial charge >= 0.3 is 5.69 Å². The summed E-state index contributed by atoms with van der Waals surface area (Å²) in [5.74, 6) is 1.25. The average molecular weight is 318 g/mol. The van der Waals surface area contributed by atoms with Crippen molar-refractivity contribution >= 4 is 11.6 Å². The predicted molar refractivity (Wildman–Crippen MR) is 82.7 cm³/mol. The van der Waals surface area contributed by atoms with E-state index in [9.17, 15) is 10.1 Å². The molecule has 9 heteroatoms. The minimum absolute atomic E-state index is 0.108. The SMILES string of the molecule is Cc1nc(NC2CCOCC2)nc(-n2ccnc2C)c1[N+](=O)[O-]. The van der Waals surface area contributed by atoms with E-state index >= 15 is 0 Å². The number of imidazole rings is 1. The lowest BCUT2D eigenvalue weighted by Crippen LogP contribution is -2.29. The maximum atomic E-state index is 11.4. The molecule has 0 bridgehead atoms. The van der Waals surface area contributed by atoms with E-state index in [-0.39, 0.29) is 17.5 Å². The average Bonchev–Trinajstić information content (AvgIpc) is 2.93. The molecule has 0 atom stereocenters. The van der Waals surface area contributed by atoms with Crippen molar-refractivity contribution in [2.24, 2.45) is 0 Å². The molecule has 2 aromatic heterocycles. The Bertz CT molecular complexity index is 723. The summed E-state index contributed by atoms with van der Waals surface area (Å²) in [6.07, 6.45) is 4.96. The second-order valence-corrected chi connectivity index (χ2v) is 5.44. The highest BCUT2D eigenvalue weighted by Gasteiger charge is 2.25. The van der Waals surface area contributed by atoms with Gasteiger partial charge in [0.25, 0.3) is 0 Å². The lowest BCUT2D eigenvalue weighted by atomic mass is 10.1. The third-order valence-corrected chi connectivity index (χ3v) is 3.83. The van der Waals surface area contributed by atoms with Gasteiger partial charge in [-0.05, 0) is 26.7 Å². The Balaban J connectivity index is 2.01. The van der Waals surface area contributed by atoms with Crippen LogP contribution in [0.15, 0.2) is 12.4 Å². The summed E-state index contributed by atoms with van der Waals surface area (Å²) in [7, 11) is 0. The molecule has 3 heterocycles. The molecule has 1 N–H and O–H groups in total. The molecule has 1 saturated heterocycles. The van der Waals surface area contributed by atoms with Gasteiger partial charge < -0.3 is 10.1 Å². The molecule has 1 aliphatic heterocycles. The normalized spacial score (nSPS) is 15.6. The molecule has 0 unspecified atom stereocenters. The van der Waals surface area contributed by atoms with Gasteiger partial charge in [0.15, 0.2) is 0 Å². The molecule has 0 aliphatic carbocycles. The first-order chi connectivity index (χ1) is 11.1. The van der Waals surface area contributed by atoms with Crippen LogP contribution in [0.2, 0.25) is 0 Å². The van der Waals surface area contributed by atoms with Crippen LogP contribution >= 0.6 is 0 Å². The second-order valence-electron chi connectivity index (χ2n) is 5.44. The molecule has 0 spiro atoms. The molecule has 0 amide bonds. The van der Waals surface area contributed by atoms with Gasteiger partial charge in [-0.15, -0.1) is 0 Å². The van der Waals surface area contributed by atoms with E-state index in [1.165, 1.54) is 0 Å². The highest BCUT2D eigenvalue weighted by Crippen LogP contribution is 2.26. The highest BCUT2D eigenvalue weighted by atomic mass is 16.6. The summed E-state index contributed by atoms with van der Waals surface area (Å²) in [5.41, 5.74) is 0.214. The van der Waals surface area contributed by atoms with Crippen molar-refractivity contribution in [2.45, 2.75) is 32.7 Å². The number of hydrogen-bond acceptors (Lipinski definition) is 7. The summed E-state index contributed by atoms with van der Waals surface area (Å²) in [6.45, 7) is 4.77. The fraction of sp³-hybridized carbons (Fsp3) is 0.500. The molecule has 3 rings (SSSR count). The largest absolute Gasteiger partial charge is 0.381 e. The van der Waals surface area contributed by atoms with E-state index in [0.29, 0.717) is 30.7 Å². The topological polar surface area (TPSA) is 108 Å². The Morgan fingerprint density at radius 1 is 1.35 bits per heavy atom. The van der Waals surface area contributed by atoms with E-state index in [4.69, 9.17) is 4.74 Å². The molecule has 122 valence electrons. The van der Waals surface area contributed by atoms with Crippen LogP contribution in [0.5, 0.6) is 0 Å². The molecule has 9 nitrogen and oxygen atoms in total. The maximum Gasteiger partial charge on any atom is 0.333 e. The van der Waals surface area contributed by atoms with Crippen LogP contribution in [0.4, 0.5) is 11.6 Å². The maximum absolute atomic E-state index is 11.4. The van der Waals surface area contributed by atoms with Crippen molar-refractivity contribution in [2.75, 3.05) is 18.5 Å². The van der Waals surface area contributed by atoms with Crippen molar-refractivity contribution < 1.29 is 9.66 Å². The van der Waals surface area contributed by atoms with Gasteiger partial charge in [0.2, 0.25) is 11.8 Å². The van der Waals surface area contributed by atoms with Crippen LogP contribution in [0.25, 0.3) is 5.82 Å². The van der Waals surface area contributed by atoms with Gasteiger partial charge in [0.1, 0.15) is 11.5 Å². The van der Waals surface area contributed by atoms with Crippen LogP contribution in [-0.4, -0.2) is 43.7 Å². The number of rotatable bonds is 4. The van der Waals surface area contributed by atoms with Gasteiger partial charge in [0.05, 0.1) is 4.92 Å². The molecule has 0 aromatic carbocycles. The van der Waals surface area contributed by atoms with Gasteiger partial charge in [-0.25, -0.2) is 9.97 Å². The first-order valence-electron chi connectivity index (χ1n) is 7.44. The monoisotopic (exact) mass is 318 g/mol. The zero-order chi connectivity index (χ0) is 16.4. The van der Waals surface area contributed by atoms with Crippen molar-refractivity contribution in [3.05, 3.63) is 34.0 Å². The first kappa shape index (κ1) is 15.3. The van der Waals surface area contributed by atoms with Crippen molar-refractivity contribution in [3.63, 3.8) is 0 Å².